The summed E-state index contributed by atoms with van der Waals surface area (Å²) in [5.41, 5.74) is 2.27. The van der Waals surface area contributed by atoms with Gasteiger partial charge in [-0.25, -0.2) is 0 Å². The zero-order valence-corrected chi connectivity index (χ0v) is 12.6. The summed E-state index contributed by atoms with van der Waals surface area (Å²) in [5.74, 6) is 0. The molecule has 19 heavy (non-hydrogen) atoms. The first kappa shape index (κ1) is 14.1. The Bertz CT molecular complexity index is 504. The summed E-state index contributed by atoms with van der Waals surface area (Å²) in [6.07, 6.45) is 0.859. The van der Waals surface area contributed by atoms with Crippen molar-refractivity contribution in [1.82, 2.24) is 0 Å². The molecule has 2 rings (SSSR count). The Morgan fingerprint density at radius 1 is 1.16 bits per heavy atom. The van der Waals surface area contributed by atoms with E-state index in [1.165, 1.54) is 16.1 Å². The molecule has 1 aromatic carbocycles. The fourth-order valence-electron chi connectivity index (χ4n) is 2.21. The van der Waals surface area contributed by atoms with Gasteiger partial charge >= 0.3 is 0 Å². The van der Waals surface area contributed by atoms with E-state index in [4.69, 9.17) is 0 Å². The van der Waals surface area contributed by atoms with Crippen molar-refractivity contribution in [1.29, 1.82) is 0 Å². The fraction of sp³-hybridized carbons (Fsp3) is 0.375. The number of hydrogen-bond donors (Lipinski definition) is 1. The average molecular weight is 275 g/mol. The maximum absolute atomic E-state index is 9.76. The van der Waals surface area contributed by atoms with Gasteiger partial charge in [-0.05, 0) is 35.6 Å². The van der Waals surface area contributed by atoms with E-state index in [2.05, 4.69) is 47.5 Å². The van der Waals surface area contributed by atoms with Gasteiger partial charge in [0.25, 0.3) is 0 Å². The summed E-state index contributed by atoms with van der Waals surface area (Å²) in [4.78, 5) is 3.33. The Labute approximate surface area is 119 Å². The second-order valence-corrected chi connectivity index (χ2v) is 6.38. The molecule has 2 nitrogen and oxygen atoms in total. The van der Waals surface area contributed by atoms with Crippen molar-refractivity contribution < 1.29 is 5.11 Å². The molecule has 1 heterocycles. The first-order valence-electron chi connectivity index (χ1n) is 6.46. The monoisotopic (exact) mass is 275 g/mol. The highest BCUT2D eigenvalue weighted by Crippen LogP contribution is 2.31. The van der Waals surface area contributed by atoms with Gasteiger partial charge in [0.05, 0.1) is 6.61 Å². The SMILES string of the molecule is CN(C)c1ccc(CC(C)(CO)c2cccs2)cc1. The van der Waals surface area contributed by atoms with Crippen LogP contribution >= 0.6 is 11.3 Å². The van der Waals surface area contributed by atoms with Crippen LogP contribution in [0.1, 0.15) is 17.4 Å². The van der Waals surface area contributed by atoms with E-state index in [-0.39, 0.29) is 12.0 Å². The van der Waals surface area contributed by atoms with Crippen LogP contribution in [0, 0.1) is 0 Å². The molecule has 0 aliphatic heterocycles. The van der Waals surface area contributed by atoms with E-state index in [1.54, 1.807) is 11.3 Å². The molecular formula is C16H21NOS. The van der Waals surface area contributed by atoms with E-state index in [0.717, 1.165) is 6.42 Å². The standard InChI is InChI=1S/C16H21NOS/c1-16(12-18,15-5-4-10-19-15)11-13-6-8-14(9-7-13)17(2)3/h4-10,18H,11-12H2,1-3H3. The van der Waals surface area contributed by atoms with E-state index in [9.17, 15) is 5.11 Å². The molecule has 3 heteroatoms. The van der Waals surface area contributed by atoms with Crippen molar-refractivity contribution >= 4 is 17.0 Å². The number of nitrogens with zero attached hydrogens (tertiary/aromatic N) is 1. The smallest absolute Gasteiger partial charge is 0.0536 e. The fourth-order valence-corrected chi connectivity index (χ4v) is 3.09. The lowest BCUT2D eigenvalue weighted by Gasteiger charge is -2.26. The predicted molar refractivity (Wildman–Crippen MR) is 83.2 cm³/mol. The van der Waals surface area contributed by atoms with Crippen LogP contribution < -0.4 is 4.90 Å². The van der Waals surface area contributed by atoms with Crippen LogP contribution in [0.2, 0.25) is 0 Å². The number of thiophene rings is 1. The Morgan fingerprint density at radius 3 is 2.32 bits per heavy atom. The maximum Gasteiger partial charge on any atom is 0.0536 e. The lowest BCUT2D eigenvalue weighted by atomic mass is 9.83. The minimum absolute atomic E-state index is 0.170. The zero-order valence-electron chi connectivity index (χ0n) is 11.8. The quantitative estimate of drug-likeness (QED) is 0.905. The Balaban J connectivity index is 2.19. The number of anilines is 1. The van der Waals surface area contributed by atoms with Gasteiger partial charge in [0.15, 0.2) is 0 Å². The van der Waals surface area contributed by atoms with Crippen LogP contribution in [0.5, 0.6) is 0 Å². The minimum Gasteiger partial charge on any atom is -0.395 e. The zero-order chi connectivity index (χ0) is 13.9. The first-order valence-corrected chi connectivity index (χ1v) is 7.34. The van der Waals surface area contributed by atoms with Gasteiger partial charge < -0.3 is 10.0 Å². The molecular weight excluding hydrogens is 254 g/mol. The number of benzene rings is 1. The largest absolute Gasteiger partial charge is 0.395 e. The molecule has 0 amide bonds. The Kier molecular flexibility index (Phi) is 4.27. The van der Waals surface area contributed by atoms with Gasteiger partial charge in [-0.3, -0.25) is 0 Å². The molecule has 1 atom stereocenters. The van der Waals surface area contributed by atoms with Gasteiger partial charge in [0, 0.05) is 30.1 Å². The summed E-state index contributed by atoms with van der Waals surface area (Å²) in [6.45, 7) is 2.29. The summed E-state index contributed by atoms with van der Waals surface area (Å²) >= 11 is 1.71. The van der Waals surface area contributed by atoms with Crippen molar-refractivity contribution in [2.45, 2.75) is 18.8 Å². The van der Waals surface area contributed by atoms with Crippen LogP contribution in [-0.4, -0.2) is 25.8 Å². The molecule has 102 valence electrons. The molecule has 0 aliphatic rings. The van der Waals surface area contributed by atoms with E-state index in [1.807, 2.05) is 20.2 Å². The number of hydrogen-bond acceptors (Lipinski definition) is 3. The third kappa shape index (κ3) is 3.17. The predicted octanol–water partition coefficient (Wildman–Crippen LogP) is 3.31. The van der Waals surface area contributed by atoms with Gasteiger partial charge in [-0.15, -0.1) is 11.3 Å². The minimum atomic E-state index is -0.187. The van der Waals surface area contributed by atoms with Crippen LogP contribution in [0.3, 0.4) is 0 Å². The Morgan fingerprint density at radius 2 is 1.84 bits per heavy atom. The number of rotatable bonds is 5. The molecule has 0 fully saturated rings. The van der Waals surface area contributed by atoms with Crippen molar-refractivity contribution in [3.8, 4) is 0 Å². The third-order valence-electron chi connectivity index (χ3n) is 3.51. The third-order valence-corrected chi connectivity index (χ3v) is 4.69. The molecule has 1 unspecified atom stereocenters. The second-order valence-electron chi connectivity index (χ2n) is 5.43. The average Bonchev–Trinajstić information content (AvgIpc) is 2.93. The Hall–Kier alpha value is -1.32. The molecule has 1 aromatic heterocycles. The number of aliphatic hydroxyl groups is 1. The molecule has 0 aliphatic carbocycles. The lowest BCUT2D eigenvalue weighted by molar-refractivity contribution is 0.207. The molecule has 0 saturated carbocycles. The van der Waals surface area contributed by atoms with Gasteiger partial charge in [-0.2, -0.15) is 0 Å². The molecule has 2 aromatic rings. The summed E-state index contributed by atoms with van der Waals surface area (Å²) in [7, 11) is 4.08. The molecule has 0 radical (unpaired) electrons. The molecule has 0 bridgehead atoms. The molecule has 0 saturated heterocycles. The van der Waals surface area contributed by atoms with Crippen molar-refractivity contribution in [3.63, 3.8) is 0 Å². The molecule has 0 spiro atoms. The van der Waals surface area contributed by atoms with E-state index < -0.39 is 0 Å². The van der Waals surface area contributed by atoms with Crippen molar-refractivity contribution in [3.05, 3.63) is 52.2 Å². The second kappa shape index (κ2) is 5.76. The lowest BCUT2D eigenvalue weighted by Crippen LogP contribution is -2.28. The van der Waals surface area contributed by atoms with Crippen molar-refractivity contribution in [2.24, 2.45) is 0 Å². The highest BCUT2D eigenvalue weighted by atomic mass is 32.1. The van der Waals surface area contributed by atoms with Crippen LogP contribution in [0.4, 0.5) is 5.69 Å². The van der Waals surface area contributed by atoms with Gasteiger partial charge in [-0.1, -0.05) is 25.1 Å². The topological polar surface area (TPSA) is 23.5 Å². The highest BCUT2D eigenvalue weighted by Gasteiger charge is 2.27. The highest BCUT2D eigenvalue weighted by molar-refractivity contribution is 7.10. The van der Waals surface area contributed by atoms with Crippen LogP contribution in [0.25, 0.3) is 0 Å². The summed E-state index contributed by atoms with van der Waals surface area (Å²) < 4.78 is 0. The summed E-state index contributed by atoms with van der Waals surface area (Å²) in [5, 5.41) is 11.8. The normalized spacial score (nSPS) is 14.1. The van der Waals surface area contributed by atoms with Gasteiger partial charge in [0.2, 0.25) is 0 Å². The van der Waals surface area contributed by atoms with Gasteiger partial charge in [0.1, 0.15) is 0 Å². The van der Waals surface area contributed by atoms with E-state index >= 15 is 0 Å². The first-order chi connectivity index (χ1) is 9.05. The van der Waals surface area contributed by atoms with Crippen molar-refractivity contribution in [2.75, 3.05) is 25.6 Å². The summed E-state index contributed by atoms with van der Waals surface area (Å²) in [6, 6.07) is 12.7. The van der Waals surface area contributed by atoms with E-state index in [0.29, 0.717) is 0 Å². The molecule has 1 N–H and O–H groups in total. The van der Waals surface area contributed by atoms with Crippen LogP contribution in [0.15, 0.2) is 41.8 Å². The maximum atomic E-state index is 9.76. The van der Waals surface area contributed by atoms with Crippen LogP contribution in [-0.2, 0) is 11.8 Å². The number of aliphatic hydroxyl groups excluding tert-OH is 1.